The molecule has 3 aliphatic rings. The Morgan fingerprint density at radius 2 is 1.88 bits per heavy atom. The van der Waals surface area contributed by atoms with Gasteiger partial charge in [-0.1, -0.05) is 63.1 Å². The highest BCUT2D eigenvalue weighted by Gasteiger charge is 2.34. The number of benzene rings is 1. The fourth-order valence-corrected chi connectivity index (χ4v) is 6.63. The Labute approximate surface area is 252 Å². The predicted molar refractivity (Wildman–Crippen MR) is 167 cm³/mol. The molecule has 3 aromatic rings. The van der Waals surface area contributed by atoms with Crippen LogP contribution in [0.25, 0.3) is 16.9 Å². The number of amides is 1. The molecule has 2 saturated carbocycles. The van der Waals surface area contributed by atoms with E-state index in [2.05, 4.69) is 52.3 Å². The van der Waals surface area contributed by atoms with Crippen molar-refractivity contribution in [2.45, 2.75) is 70.9 Å². The van der Waals surface area contributed by atoms with Crippen molar-refractivity contribution in [3.05, 3.63) is 48.3 Å². The molecule has 0 unspecified atom stereocenters. The molecule has 2 aliphatic carbocycles. The van der Waals surface area contributed by atoms with Crippen LogP contribution in [0.4, 0.5) is 16.6 Å². The van der Waals surface area contributed by atoms with Crippen LogP contribution in [0.3, 0.4) is 0 Å². The third kappa shape index (κ3) is 5.95. The van der Waals surface area contributed by atoms with Crippen molar-refractivity contribution in [3.63, 3.8) is 0 Å². The minimum absolute atomic E-state index is 0.0514. The Kier molecular flexibility index (Phi) is 8.34. The number of carbonyl (C=O) groups is 1. The van der Waals surface area contributed by atoms with E-state index in [1.807, 2.05) is 18.2 Å². The van der Waals surface area contributed by atoms with Crippen LogP contribution in [0.1, 0.15) is 76.2 Å². The average Bonchev–Trinajstić information content (AvgIpc) is 3.36. The van der Waals surface area contributed by atoms with Gasteiger partial charge in [0.1, 0.15) is 5.52 Å². The van der Waals surface area contributed by atoms with E-state index in [-0.39, 0.29) is 23.8 Å². The van der Waals surface area contributed by atoms with Gasteiger partial charge in [-0.3, -0.25) is 9.98 Å². The van der Waals surface area contributed by atoms with Gasteiger partial charge in [-0.25, -0.2) is 14.8 Å². The van der Waals surface area contributed by atoms with Gasteiger partial charge in [0.05, 0.1) is 19.3 Å². The summed E-state index contributed by atoms with van der Waals surface area (Å²) >= 11 is 0. The lowest BCUT2D eigenvalue weighted by Gasteiger charge is -2.38. The van der Waals surface area contributed by atoms with Crippen LogP contribution in [-0.4, -0.2) is 57.3 Å². The first-order chi connectivity index (χ1) is 20.8. The largest absolute Gasteiger partial charge is 0.411 e. The topological polar surface area (TPSA) is 144 Å². The van der Waals surface area contributed by atoms with Crippen molar-refractivity contribution in [1.82, 2.24) is 19.5 Å². The summed E-state index contributed by atoms with van der Waals surface area (Å²) in [5, 5.41) is 12.0. The number of hydrogen-bond acceptors (Lipinski definition) is 9. The molecular weight excluding hydrogens is 544 g/mol. The average molecular weight is 587 g/mol. The summed E-state index contributed by atoms with van der Waals surface area (Å²) in [6.45, 7) is 10.9. The third-order valence-corrected chi connectivity index (χ3v) is 9.47. The Bertz CT molecular complexity index is 1490. The number of nitrogens with zero attached hydrogens (tertiary/aromatic N) is 5. The number of nitrogens with one attached hydrogen (secondary N) is 2. The summed E-state index contributed by atoms with van der Waals surface area (Å²) in [5.74, 6) is 2.22. The first-order valence-electron chi connectivity index (χ1n) is 15.5. The van der Waals surface area contributed by atoms with Gasteiger partial charge in [0, 0.05) is 18.3 Å². The molecule has 1 saturated heterocycles. The highest BCUT2D eigenvalue weighted by Crippen LogP contribution is 2.41. The maximum atomic E-state index is 11.5. The molecule has 3 fully saturated rings. The molecular formula is C32H42N8O3. The summed E-state index contributed by atoms with van der Waals surface area (Å²) < 4.78 is 13.0. The van der Waals surface area contributed by atoms with Gasteiger partial charge in [-0.15, -0.1) is 0 Å². The molecule has 11 nitrogen and oxygen atoms in total. The van der Waals surface area contributed by atoms with Crippen molar-refractivity contribution in [2.24, 2.45) is 23.5 Å². The first kappa shape index (κ1) is 29.1. The number of fused-ring (bicyclic) bond motifs is 1. The maximum absolute atomic E-state index is 11.5. The lowest BCUT2D eigenvalue weighted by molar-refractivity contribution is 0.0931. The van der Waals surface area contributed by atoms with Gasteiger partial charge in [0.25, 0.3) is 5.90 Å². The molecule has 0 spiro atoms. The van der Waals surface area contributed by atoms with Gasteiger partial charge in [-0.2, -0.15) is 4.98 Å². The van der Waals surface area contributed by atoms with Gasteiger partial charge in [0.2, 0.25) is 11.8 Å². The Morgan fingerprint density at radius 1 is 1.14 bits per heavy atom. The number of aromatic nitrogens is 4. The number of nitrogens with two attached hydrogens (primary N) is 1. The fraction of sp³-hybridized carbons (Fsp3) is 0.531. The number of hydrogen-bond donors (Lipinski definition) is 3. The number of carbonyl (C=O) groups excluding carboxylic acids is 1. The maximum Gasteiger partial charge on any atom is 0.411 e. The summed E-state index contributed by atoms with van der Waals surface area (Å²) in [5.41, 5.74) is 8.47. The number of morpholine rings is 1. The normalized spacial score (nSPS) is 23.4. The Hall–Kier alpha value is -3.99. The lowest BCUT2D eigenvalue weighted by atomic mass is 9.80. The van der Waals surface area contributed by atoms with Crippen LogP contribution in [0.2, 0.25) is 0 Å². The number of allylic oxidation sites excluding steroid dienone is 1. The number of primary amides is 1. The van der Waals surface area contributed by atoms with Gasteiger partial charge in [-0.05, 0) is 55.9 Å². The lowest BCUT2D eigenvalue weighted by Crippen LogP contribution is -2.41. The van der Waals surface area contributed by atoms with Crippen LogP contribution in [-0.2, 0) is 9.47 Å². The zero-order valence-electron chi connectivity index (χ0n) is 25.1. The molecule has 1 aliphatic heterocycles. The van der Waals surface area contributed by atoms with Crippen molar-refractivity contribution >= 4 is 40.6 Å². The van der Waals surface area contributed by atoms with E-state index in [1.54, 1.807) is 0 Å². The molecule has 0 radical (unpaired) electrons. The second-order valence-corrected chi connectivity index (χ2v) is 12.3. The monoisotopic (exact) mass is 586 g/mol. The highest BCUT2D eigenvalue weighted by atomic mass is 16.6. The highest BCUT2D eigenvalue weighted by molar-refractivity contribution is 5.98. The van der Waals surface area contributed by atoms with E-state index in [9.17, 15) is 4.79 Å². The molecule has 228 valence electrons. The molecule has 2 atom stereocenters. The predicted octanol–water partition coefficient (Wildman–Crippen LogP) is 5.72. The smallest absolute Gasteiger partial charge is 0.388 e. The molecule has 1 amide bonds. The summed E-state index contributed by atoms with van der Waals surface area (Å²) in [6, 6.07) is 10.4. The standard InChI is InChI=1S/C32H42N8O3/c1-19-12-14-23(15-13-19)21(3)40-26-28(35-20(2)22-10-7-11-22)36-30(27(33)43-31(34)41)37-29(26)38-32(40)39-16-17-42-18-25(39)24-8-5-4-6-9-24/h4-6,8-9,19-20,22-23,25,33H,3,7,10-18H2,1-2H3,(H2,34,41)(H,35,36,37)/t19-,20-,23-,25+/m1/s1. The zero-order valence-corrected chi connectivity index (χ0v) is 25.1. The van der Waals surface area contributed by atoms with Crippen LogP contribution >= 0.6 is 0 Å². The van der Waals surface area contributed by atoms with Crippen LogP contribution in [0.5, 0.6) is 0 Å². The molecule has 43 heavy (non-hydrogen) atoms. The van der Waals surface area contributed by atoms with Crippen molar-refractivity contribution in [1.29, 1.82) is 5.41 Å². The fourth-order valence-electron chi connectivity index (χ4n) is 6.63. The minimum atomic E-state index is -1.09. The van der Waals surface area contributed by atoms with Gasteiger partial charge in [0.15, 0.2) is 11.5 Å². The SMILES string of the molecule is C=C([C@H]1CC[C@H](C)CC1)n1c(N2CCOC[C@H]2c2ccccc2)nc2nc(C(=N)OC(N)=O)nc(N[C@H](C)C3CCC3)c21. The summed E-state index contributed by atoms with van der Waals surface area (Å²) in [4.78, 5) is 28.3. The van der Waals surface area contributed by atoms with Crippen molar-refractivity contribution in [2.75, 3.05) is 30.0 Å². The molecule has 0 bridgehead atoms. The molecule has 3 heterocycles. The number of rotatable bonds is 8. The second kappa shape index (κ2) is 12.3. The van der Waals surface area contributed by atoms with Crippen LogP contribution in [0.15, 0.2) is 36.9 Å². The van der Waals surface area contributed by atoms with Crippen LogP contribution < -0.4 is 16.0 Å². The summed E-state index contributed by atoms with van der Waals surface area (Å²) in [6.07, 6.45) is 6.86. The molecule has 6 rings (SSSR count). The molecule has 2 aromatic heterocycles. The van der Waals surface area contributed by atoms with E-state index < -0.39 is 12.0 Å². The zero-order chi connectivity index (χ0) is 30.1. The quantitative estimate of drug-likeness (QED) is 0.224. The number of anilines is 2. The molecule has 11 heteroatoms. The van der Waals surface area contributed by atoms with Crippen molar-refractivity contribution < 1.29 is 14.3 Å². The van der Waals surface area contributed by atoms with Crippen molar-refractivity contribution in [3.8, 4) is 0 Å². The number of imidazole rings is 1. The van der Waals surface area contributed by atoms with Crippen LogP contribution in [0, 0.1) is 23.2 Å². The molecule has 4 N–H and O–H groups in total. The Balaban J connectivity index is 1.52. The second-order valence-electron chi connectivity index (χ2n) is 12.3. The first-order valence-corrected chi connectivity index (χ1v) is 15.5. The van der Waals surface area contributed by atoms with E-state index in [4.69, 9.17) is 30.6 Å². The molecule has 1 aromatic carbocycles. The van der Waals surface area contributed by atoms with Gasteiger partial charge >= 0.3 is 6.09 Å². The van der Waals surface area contributed by atoms with Gasteiger partial charge < -0.3 is 25.4 Å². The van der Waals surface area contributed by atoms with E-state index in [0.29, 0.717) is 43.1 Å². The Morgan fingerprint density at radius 3 is 2.56 bits per heavy atom. The summed E-state index contributed by atoms with van der Waals surface area (Å²) in [7, 11) is 0. The third-order valence-electron chi connectivity index (χ3n) is 9.47. The van der Waals surface area contributed by atoms with E-state index in [0.717, 1.165) is 61.3 Å². The minimum Gasteiger partial charge on any atom is -0.388 e. The van der Waals surface area contributed by atoms with E-state index in [1.165, 1.54) is 6.42 Å². The van der Waals surface area contributed by atoms with E-state index >= 15 is 0 Å². The number of ether oxygens (including phenoxy) is 2.